The van der Waals surface area contributed by atoms with Crippen LogP contribution in [0.2, 0.25) is 0 Å². The van der Waals surface area contributed by atoms with Gasteiger partial charge in [0.25, 0.3) is 5.91 Å². The third-order valence-electron chi connectivity index (χ3n) is 7.41. The first kappa shape index (κ1) is 35.0. The monoisotopic (exact) mass is 642 g/mol. The van der Waals surface area contributed by atoms with Gasteiger partial charge in [0, 0.05) is 16.8 Å². The number of benzene rings is 2. The fourth-order valence-corrected chi connectivity index (χ4v) is 5.59. The van der Waals surface area contributed by atoms with Crippen molar-refractivity contribution in [1.29, 1.82) is 0 Å². The number of hydrogen-bond donors (Lipinski definition) is 1. The standard InChI is InChI=1S/C35H50N2O2S.BrH/c1-5-6-7-8-9-10-11-12-13-14-15-16-24-39-33-26-30(19-22-32(33)35(2,3)4)34(38)36-31-20-17-29(18-21-31)27-37-23-25-40-28-37;/h17-23,25-26,28H,5-16,24,27H2,1-4H3;1H. The highest BCUT2D eigenvalue weighted by molar-refractivity contribution is 7.07. The van der Waals surface area contributed by atoms with Crippen LogP contribution in [0.4, 0.5) is 5.69 Å². The second-order valence-electron chi connectivity index (χ2n) is 12.0. The molecule has 0 bridgehead atoms. The van der Waals surface area contributed by atoms with Crippen molar-refractivity contribution in [2.75, 3.05) is 11.9 Å². The Morgan fingerprint density at radius 1 is 0.854 bits per heavy atom. The van der Waals surface area contributed by atoms with E-state index >= 15 is 0 Å². The van der Waals surface area contributed by atoms with E-state index in [0.717, 1.165) is 30.0 Å². The van der Waals surface area contributed by atoms with Gasteiger partial charge >= 0.3 is 0 Å². The molecule has 0 radical (unpaired) electrons. The van der Waals surface area contributed by atoms with Crippen molar-refractivity contribution in [3.05, 3.63) is 76.2 Å². The summed E-state index contributed by atoms with van der Waals surface area (Å²) >= 11 is 1.68. The minimum atomic E-state index is -0.115. The van der Waals surface area contributed by atoms with Crippen LogP contribution in [-0.4, -0.2) is 12.5 Å². The lowest BCUT2D eigenvalue weighted by molar-refractivity contribution is -0.683. The zero-order valence-electron chi connectivity index (χ0n) is 25.7. The van der Waals surface area contributed by atoms with Crippen LogP contribution in [0, 0.1) is 0 Å². The molecule has 0 fully saturated rings. The lowest BCUT2D eigenvalue weighted by Gasteiger charge is -2.23. The number of aromatic nitrogens is 1. The molecule has 3 aromatic rings. The van der Waals surface area contributed by atoms with Crippen molar-refractivity contribution in [3.8, 4) is 5.75 Å². The Kier molecular flexibility index (Phi) is 16.3. The Labute approximate surface area is 263 Å². The molecule has 0 aliphatic rings. The summed E-state index contributed by atoms with van der Waals surface area (Å²) in [6, 6.07) is 13.9. The number of carbonyl (C=O) groups is 1. The van der Waals surface area contributed by atoms with E-state index in [1.165, 1.54) is 76.2 Å². The Morgan fingerprint density at radius 3 is 2.02 bits per heavy atom. The predicted molar refractivity (Wildman–Crippen MR) is 170 cm³/mol. The zero-order chi connectivity index (χ0) is 28.6. The highest BCUT2D eigenvalue weighted by atomic mass is 79.9. The van der Waals surface area contributed by atoms with Crippen molar-refractivity contribution < 1.29 is 31.1 Å². The number of carbonyl (C=O) groups excluding carboxylic acids is 1. The molecule has 0 aliphatic heterocycles. The lowest BCUT2D eigenvalue weighted by Crippen LogP contribution is -3.00. The largest absolute Gasteiger partial charge is 1.00 e. The van der Waals surface area contributed by atoms with Crippen molar-refractivity contribution in [2.45, 2.75) is 117 Å². The predicted octanol–water partition coefficient (Wildman–Crippen LogP) is 6.72. The maximum Gasteiger partial charge on any atom is 0.255 e. The highest BCUT2D eigenvalue weighted by Gasteiger charge is 2.21. The number of thiazole rings is 1. The molecule has 0 unspecified atom stereocenters. The van der Waals surface area contributed by atoms with Crippen LogP contribution in [-0.2, 0) is 12.0 Å². The van der Waals surface area contributed by atoms with E-state index in [1.807, 2.05) is 30.3 Å². The fraction of sp³-hybridized carbons (Fsp3) is 0.543. The highest BCUT2D eigenvalue weighted by Crippen LogP contribution is 2.32. The molecule has 2 aromatic carbocycles. The molecule has 41 heavy (non-hydrogen) atoms. The molecule has 1 aromatic heterocycles. The number of nitrogens with zero attached hydrogens (tertiary/aromatic N) is 1. The van der Waals surface area contributed by atoms with E-state index in [2.05, 4.69) is 66.8 Å². The van der Waals surface area contributed by atoms with Crippen molar-refractivity contribution in [2.24, 2.45) is 0 Å². The average Bonchev–Trinajstić information content (AvgIpc) is 3.45. The van der Waals surface area contributed by atoms with Gasteiger partial charge in [0.15, 0.2) is 12.7 Å². The Balaban J connectivity index is 0.00000588. The van der Waals surface area contributed by atoms with Gasteiger partial charge in [0.1, 0.15) is 5.75 Å². The van der Waals surface area contributed by atoms with Crippen molar-refractivity contribution >= 4 is 22.9 Å². The Morgan fingerprint density at radius 2 is 1.46 bits per heavy atom. The summed E-state index contributed by atoms with van der Waals surface area (Å²) in [5.41, 5.74) is 5.78. The summed E-state index contributed by atoms with van der Waals surface area (Å²) in [6.07, 6.45) is 18.0. The first-order valence-corrected chi connectivity index (χ1v) is 16.4. The smallest absolute Gasteiger partial charge is 0.255 e. The molecule has 0 saturated heterocycles. The Hall–Kier alpha value is -2.18. The maximum absolute atomic E-state index is 13.1. The van der Waals surface area contributed by atoms with Gasteiger partial charge in [-0.2, -0.15) is 4.57 Å². The van der Waals surface area contributed by atoms with Gasteiger partial charge < -0.3 is 27.0 Å². The molecule has 0 spiro atoms. The lowest BCUT2D eigenvalue weighted by atomic mass is 9.85. The average molecular weight is 644 g/mol. The second kappa shape index (κ2) is 19.1. The molecule has 4 nitrogen and oxygen atoms in total. The van der Waals surface area contributed by atoms with Gasteiger partial charge in [0.2, 0.25) is 5.51 Å². The third-order valence-corrected chi connectivity index (χ3v) is 8.08. The molecule has 1 N–H and O–H groups in total. The van der Waals surface area contributed by atoms with E-state index in [1.54, 1.807) is 11.3 Å². The van der Waals surface area contributed by atoms with Gasteiger partial charge in [-0.25, -0.2) is 0 Å². The zero-order valence-corrected chi connectivity index (χ0v) is 28.1. The molecule has 1 amide bonds. The topological polar surface area (TPSA) is 42.2 Å². The summed E-state index contributed by atoms with van der Waals surface area (Å²) in [5.74, 6) is 0.710. The number of amides is 1. The van der Waals surface area contributed by atoms with Crippen LogP contribution in [0.1, 0.15) is 126 Å². The molecule has 0 saturated carbocycles. The molecule has 0 atom stereocenters. The molecular weight excluding hydrogens is 592 g/mol. The first-order valence-electron chi connectivity index (χ1n) is 15.5. The summed E-state index contributed by atoms with van der Waals surface area (Å²) in [7, 11) is 0. The van der Waals surface area contributed by atoms with Crippen LogP contribution < -0.4 is 31.6 Å². The number of halogens is 1. The molecular formula is C35H51BrN2O2S. The summed E-state index contributed by atoms with van der Waals surface area (Å²) < 4.78 is 8.43. The van der Waals surface area contributed by atoms with E-state index < -0.39 is 0 Å². The normalized spacial score (nSPS) is 11.2. The van der Waals surface area contributed by atoms with Crippen LogP contribution in [0.3, 0.4) is 0 Å². The number of nitrogens with one attached hydrogen (secondary N) is 1. The van der Waals surface area contributed by atoms with E-state index in [9.17, 15) is 4.79 Å². The van der Waals surface area contributed by atoms with Gasteiger partial charge in [-0.3, -0.25) is 4.79 Å². The van der Waals surface area contributed by atoms with Gasteiger partial charge in [0.05, 0.1) is 12.0 Å². The first-order chi connectivity index (χ1) is 19.4. The van der Waals surface area contributed by atoms with Gasteiger partial charge in [-0.1, -0.05) is 128 Å². The van der Waals surface area contributed by atoms with Crippen molar-refractivity contribution in [3.63, 3.8) is 0 Å². The number of hydrogen-bond acceptors (Lipinski definition) is 3. The van der Waals surface area contributed by atoms with Crippen LogP contribution in [0.15, 0.2) is 59.6 Å². The minimum Gasteiger partial charge on any atom is -1.00 e. The van der Waals surface area contributed by atoms with Crippen LogP contribution in [0.5, 0.6) is 5.75 Å². The second-order valence-corrected chi connectivity index (χ2v) is 12.8. The third kappa shape index (κ3) is 13.1. The summed E-state index contributed by atoms with van der Waals surface area (Å²) in [4.78, 5) is 13.1. The molecule has 0 aliphatic carbocycles. The summed E-state index contributed by atoms with van der Waals surface area (Å²) in [6.45, 7) is 10.4. The maximum atomic E-state index is 13.1. The minimum absolute atomic E-state index is 0. The number of anilines is 1. The number of unbranched alkanes of at least 4 members (excludes halogenated alkanes) is 11. The van der Waals surface area contributed by atoms with Crippen LogP contribution in [0.25, 0.3) is 0 Å². The Bertz CT molecular complexity index is 1120. The molecule has 3 rings (SSSR count). The number of ether oxygens (including phenoxy) is 1. The van der Waals surface area contributed by atoms with E-state index in [0.29, 0.717) is 12.2 Å². The molecule has 226 valence electrons. The number of rotatable bonds is 18. The molecule has 1 heterocycles. The molecule has 6 heteroatoms. The van der Waals surface area contributed by atoms with Crippen LogP contribution >= 0.6 is 11.3 Å². The van der Waals surface area contributed by atoms with Gasteiger partial charge in [-0.15, -0.1) is 0 Å². The van der Waals surface area contributed by atoms with E-state index in [-0.39, 0.29) is 28.3 Å². The van der Waals surface area contributed by atoms with Crippen molar-refractivity contribution in [1.82, 2.24) is 0 Å². The quantitative estimate of drug-likeness (QED) is 0.124. The SMILES string of the molecule is CCCCCCCCCCCCCCOc1cc(C(=O)Nc2ccc(C[n+]3ccsc3)cc2)ccc1C(C)(C)C.[Br-]. The van der Waals surface area contributed by atoms with Gasteiger partial charge in [-0.05, 0) is 41.7 Å². The fourth-order valence-electron chi connectivity index (χ4n) is 4.99. The van der Waals surface area contributed by atoms with E-state index in [4.69, 9.17) is 4.74 Å². The summed E-state index contributed by atoms with van der Waals surface area (Å²) in [5, 5.41) is 5.11.